The normalized spacial score (nSPS) is 21.3. The van der Waals surface area contributed by atoms with Crippen molar-refractivity contribution in [2.24, 2.45) is 0 Å². The zero-order valence-corrected chi connectivity index (χ0v) is 18.7. The highest BCUT2D eigenvalue weighted by Gasteiger charge is 2.38. The fourth-order valence-corrected chi connectivity index (χ4v) is 5.00. The molecule has 2 heterocycles. The second-order valence-electron chi connectivity index (χ2n) is 8.93. The highest BCUT2D eigenvalue weighted by Crippen LogP contribution is 2.35. The second kappa shape index (κ2) is 10.3. The second-order valence-corrected chi connectivity index (χ2v) is 8.93. The number of rotatable bonds is 7. The summed E-state index contributed by atoms with van der Waals surface area (Å²) in [7, 11) is 1.59. The minimum Gasteiger partial charge on any atom is -0.497 e. The molecule has 32 heavy (non-hydrogen) atoms. The summed E-state index contributed by atoms with van der Waals surface area (Å²) in [6.45, 7) is 1.57. The molecule has 1 saturated carbocycles. The summed E-state index contributed by atoms with van der Waals surface area (Å²) in [5, 5.41) is 6.24. The third kappa shape index (κ3) is 5.06. The Morgan fingerprint density at radius 3 is 2.59 bits per heavy atom. The van der Waals surface area contributed by atoms with E-state index >= 15 is 0 Å². The summed E-state index contributed by atoms with van der Waals surface area (Å²) >= 11 is 0. The highest BCUT2D eigenvalue weighted by atomic mass is 16.5. The molecule has 0 radical (unpaired) electrons. The molecule has 4 rings (SSSR count). The Bertz CT molecular complexity index is 846. The van der Waals surface area contributed by atoms with Crippen LogP contribution in [-0.2, 0) is 19.1 Å². The van der Waals surface area contributed by atoms with Crippen LogP contribution in [0.5, 0.6) is 5.75 Å². The van der Waals surface area contributed by atoms with E-state index in [1.165, 1.54) is 4.90 Å². The molecule has 2 amide bonds. The van der Waals surface area contributed by atoms with Gasteiger partial charge in [0.15, 0.2) is 0 Å². The van der Waals surface area contributed by atoms with Gasteiger partial charge in [0.1, 0.15) is 12.3 Å². The Morgan fingerprint density at radius 1 is 1.12 bits per heavy atom. The maximum Gasteiger partial charge on any atom is 0.291 e. The lowest BCUT2D eigenvalue weighted by Gasteiger charge is -2.34. The van der Waals surface area contributed by atoms with Crippen LogP contribution in [0.3, 0.4) is 0 Å². The van der Waals surface area contributed by atoms with Crippen LogP contribution in [0, 0.1) is 0 Å². The summed E-state index contributed by atoms with van der Waals surface area (Å²) in [5.74, 6) is -1.05. The van der Waals surface area contributed by atoms with Crippen molar-refractivity contribution < 1.29 is 23.9 Å². The fourth-order valence-electron chi connectivity index (χ4n) is 5.00. The topological polar surface area (TPSA) is 97.0 Å². The van der Waals surface area contributed by atoms with E-state index < -0.39 is 17.6 Å². The van der Waals surface area contributed by atoms with Gasteiger partial charge in [-0.05, 0) is 37.3 Å². The Morgan fingerprint density at radius 2 is 1.88 bits per heavy atom. The van der Waals surface area contributed by atoms with Crippen LogP contribution in [0.25, 0.3) is 0 Å². The molecule has 174 valence electrons. The Balaban J connectivity index is 1.47. The van der Waals surface area contributed by atoms with Crippen LogP contribution in [0.2, 0.25) is 0 Å². The average molecular weight is 444 g/mol. The first-order valence-corrected chi connectivity index (χ1v) is 11.7. The van der Waals surface area contributed by atoms with Crippen molar-refractivity contribution in [1.29, 1.82) is 0 Å². The molecule has 1 aromatic carbocycles. The Kier molecular flexibility index (Phi) is 7.29. The number of fused-ring (bicyclic) bond motifs is 1. The van der Waals surface area contributed by atoms with Gasteiger partial charge in [-0.25, -0.2) is 0 Å². The van der Waals surface area contributed by atoms with Crippen molar-refractivity contribution in [3.63, 3.8) is 0 Å². The van der Waals surface area contributed by atoms with Gasteiger partial charge in [-0.2, -0.15) is 0 Å². The predicted molar refractivity (Wildman–Crippen MR) is 120 cm³/mol. The smallest absolute Gasteiger partial charge is 0.291 e. The molecule has 8 heteroatoms. The molecule has 1 aliphatic carbocycles. The molecule has 0 bridgehead atoms. The van der Waals surface area contributed by atoms with Gasteiger partial charge in [0.2, 0.25) is 11.7 Å². The minimum atomic E-state index is -0.548. The lowest BCUT2D eigenvalue weighted by molar-refractivity contribution is -0.149. The molecule has 1 aromatic rings. The van der Waals surface area contributed by atoms with Crippen LogP contribution >= 0.6 is 0 Å². The van der Waals surface area contributed by atoms with Crippen LogP contribution in [-0.4, -0.2) is 68.0 Å². The standard InChI is InChI=1S/C24H33N3O5/c1-31-18-7-8-19-20(14-25-21(19)13-18)23(29)24(30)27(17-5-3-2-4-6-17)15-22(28)26-16-9-11-32-12-10-16/h7-8,13,16-17,20,25H,2-6,9-12,14-15H2,1H3,(H,26,28). The van der Waals surface area contributed by atoms with Gasteiger partial charge in [-0.15, -0.1) is 0 Å². The number of benzene rings is 1. The van der Waals surface area contributed by atoms with Gasteiger partial charge in [-0.3, -0.25) is 14.4 Å². The monoisotopic (exact) mass is 443 g/mol. The third-order valence-corrected chi connectivity index (χ3v) is 6.84. The largest absolute Gasteiger partial charge is 0.497 e. The first-order chi connectivity index (χ1) is 15.6. The van der Waals surface area contributed by atoms with Gasteiger partial charge in [0, 0.05) is 43.6 Å². The number of hydrogen-bond donors (Lipinski definition) is 2. The van der Waals surface area contributed by atoms with E-state index in [2.05, 4.69) is 10.6 Å². The molecule has 2 fully saturated rings. The Labute approximate surface area is 189 Å². The number of nitrogens with zero attached hydrogens (tertiary/aromatic N) is 1. The summed E-state index contributed by atoms with van der Waals surface area (Å²) < 4.78 is 10.6. The van der Waals surface area contributed by atoms with Gasteiger partial charge in [-0.1, -0.05) is 25.3 Å². The van der Waals surface area contributed by atoms with E-state index in [0.717, 1.165) is 56.2 Å². The highest BCUT2D eigenvalue weighted by molar-refractivity contribution is 6.39. The summed E-state index contributed by atoms with van der Waals surface area (Å²) in [4.78, 5) is 41.1. The van der Waals surface area contributed by atoms with Crippen molar-refractivity contribution >= 4 is 23.3 Å². The molecule has 1 unspecified atom stereocenters. The number of nitrogens with one attached hydrogen (secondary N) is 2. The van der Waals surface area contributed by atoms with Gasteiger partial charge in [0.05, 0.1) is 13.0 Å². The minimum absolute atomic E-state index is 0.0645. The third-order valence-electron chi connectivity index (χ3n) is 6.84. The van der Waals surface area contributed by atoms with E-state index in [0.29, 0.717) is 25.5 Å². The van der Waals surface area contributed by atoms with Crippen LogP contribution < -0.4 is 15.4 Å². The summed E-state index contributed by atoms with van der Waals surface area (Å²) in [5.41, 5.74) is 1.62. The molecule has 2 N–H and O–H groups in total. The number of ether oxygens (including phenoxy) is 2. The predicted octanol–water partition coefficient (Wildman–Crippen LogP) is 2.23. The average Bonchev–Trinajstić information content (AvgIpc) is 3.26. The van der Waals surface area contributed by atoms with E-state index in [4.69, 9.17) is 9.47 Å². The first-order valence-electron chi connectivity index (χ1n) is 11.7. The van der Waals surface area contributed by atoms with Gasteiger partial charge in [0.25, 0.3) is 5.91 Å². The molecule has 1 saturated heterocycles. The number of Topliss-reactive ketones (excluding diaryl/α,β-unsaturated/α-hetero) is 1. The Hall–Kier alpha value is -2.61. The van der Waals surface area contributed by atoms with Crippen LogP contribution in [0.1, 0.15) is 56.4 Å². The number of anilines is 1. The maximum atomic E-state index is 13.4. The van der Waals surface area contributed by atoms with Crippen molar-refractivity contribution in [1.82, 2.24) is 10.2 Å². The molecule has 0 spiro atoms. The lowest BCUT2D eigenvalue weighted by atomic mass is 9.91. The van der Waals surface area contributed by atoms with Crippen LogP contribution in [0.4, 0.5) is 5.69 Å². The van der Waals surface area contributed by atoms with Crippen molar-refractivity contribution in [2.75, 3.05) is 38.7 Å². The number of carbonyl (C=O) groups excluding carboxylic acids is 3. The fraction of sp³-hybridized carbons (Fsp3) is 0.625. The van der Waals surface area contributed by atoms with Crippen molar-refractivity contribution in [3.8, 4) is 5.75 Å². The van der Waals surface area contributed by atoms with E-state index in [1.54, 1.807) is 13.2 Å². The summed E-state index contributed by atoms with van der Waals surface area (Å²) in [6, 6.07) is 5.48. The number of hydrogen-bond acceptors (Lipinski definition) is 6. The first kappa shape index (κ1) is 22.6. The lowest BCUT2D eigenvalue weighted by Crippen LogP contribution is -2.52. The molecule has 1 atom stereocenters. The number of carbonyl (C=O) groups is 3. The number of amides is 2. The summed E-state index contributed by atoms with van der Waals surface area (Å²) in [6.07, 6.45) is 6.37. The van der Waals surface area contributed by atoms with Crippen molar-refractivity contribution in [2.45, 2.75) is 62.9 Å². The van der Waals surface area contributed by atoms with E-state index in [9.17, 15) is 14.4 Å². The zero-order chi connectivity index (χ0) is 22.5. The zero-order valence-electron chi connectivity index (χ0n) is 18.7. The quantitative estimate of drug-likeness (QED) is 0.628. The van der Waals surface area contributed by atoms with Crippen LogP contribution in [0.15, 0.2) is 18.2 Å². The van der Waals surface area contributed by atoms with E-state index in [-0.39, 0.29) is 24.5 Å². The molecular formula is C24H33N3O5. The molecule has 0 aromatic heterocycles. The SMILES string of the molecule is COc1ccc2c(c1)NCC2C(=O)C(=O)N(CC(=O)NC1CCOCC1)C1CCCCC1. The van der Waals surface area contributed by atoms with Crippen molar-refractivity contribution in [3.05, 3.63) is 23.8 Å². The number of ketones is 1. The van der Waals surface area contributed by atoms with E-state index in [1.807, 2.05) is 12.1 Å². The molecule has 8 nitrogen and oxygen atoms in total. The van der Waals surface area contributed by atoms with Gasteiger partial charge < -0.3 is 25.0 Å². The maximum absolute atomic E-state index is 13.4. The molecule has 2 aliphatic heterocycles. The molecular weight excluding hydrogens is 410 g/mol. The molecule has 3 aliphatic rings. The van der Waals surface area contributed by atoms with Gasteiger partial charge >= 0.3 is 0 Å². The number of methoxy groups -OCH3 is 1.